The second-order valence-electron chi connectivity index (χ2n) is 5.30. The molecular formula is C14H17ClF3NO. The summed E-state index contributed by atoms with van der Waals surface area (Å²) in [5.74, 6) is 0.0648. The number of nitrogens with two attached hydrogens (primary N) is 1. The Kier molecular flexibility index (Phi) is 4.62. The van der Waals surface area contributed by atoms with Gasteiger partial charge < -0.3 is 10.8 Å². The van der Waals surface area contributed by atoms with Gasteiger partial charge in [-0.1, -0.05) is 30.5 Å². The molecule has 1 saturated carbocycles. The highest BCUT2D eigenvalue weighted by atomic mass is 35.5. The van der Waals surface area contributed by atoms with E-state index >= 15 is 0 Å². The summed E-state index contributed by atoms with van der Waals surface area (Å²) >= 11 is 5.57. The Morgan fingerprint density at radius 3 is 2.40 bits per heavy atom. The minimum absolute atomic E-state index is 0.0648. The first kappa shape index (κ1) is 15.6. The number of halogens is 4. The number of benzene rings is 1. The first-order valence-electron chi connectivity index (χ1n) is 6.61. The smallest absolute Gasteiger partial charge is 0.391 e. The summed E-state index contributed by atoms with van der Waals surface area (Å²) in [7, 11) is 0. The molecule has 112 valence electrons. The zero-order valence-corrected chi connectivity index (χ0v) is 11.6. The van der Waals surface area contributed by atoms with E-state index in [1.165, 1.54) is 12.1 Å². The van der Waals surface area contributed by atoms with Crippen LogP contribution in [-0.4, -0.2) is 11.2 Å². The largest absolute Gasteiger partial charge is 0.417 e. The Balaban J connectivity index is 2.23. The second kappa shape index (κ2) is 5.92. The maximum absolute atomic E-state index is 12.8. The Bertz CT molecular complexity index is 472. The van der Waals surface area contributed by atoms with Crippen LogP contribution in [0.25, 0.3) is 0 Å². The molecule has 6 heteroatoms. The predicted octanol–water partition coefficient (Wildman–Crippen LogP) is 3.91. The maximum atomic E-state index is 12.8. The van der Waals surface area contributed by atoms with E-state index in [0.29, 0.717) is 0 Å². The Hall–Kier alpha value is -0.780. The molecule has 0 unspecified atom stereocenters. The summed E-state index contributed by atoms with van der Waals surface area (Å²) in [5.41, 5.74) is 5.27. The van der Waals surface area contributed by atoms with Crippen LogP contribution in [0.1, 0.15) is 42.9 Å². The molecule has 2 atom stereocenters. The monoisotopic (exact) mass is 307 g/mol. The molecule has 1 aliphatic carbocycles. The Morgan fingerprint density at radius 1 is 1.25 bits per heavy atom. The molecule has 1 aliphatic rings. The van der Waals surface area contributed by atoms with Gasteiger partial charge in [0.05, 0.1) is 22.7 Å². The maximum Gasteiger partial charge on any atom is 0.417 e. The van der Waals surface area contributed by atoms with Gasteiger partial charge in [-0.25, -0.2) is 0 Å². The highest BCUT2D eigenvalue weighted by molar-refractivity contribution is 6.31. The van der Waals surface area contributed by atoms with E-state index < -0.39 is 23.9 Å². The van der Waals surface area contributed by atoms with E-state index in [0.717, 1.165) is 31.7 Å². The van der Waals surface area contributed by atoms with Crippen molar-refractivity contribution in [2.45, 2.75) is 44.0 Å². The van der Waals surface area contributed by atoms with E-state index in [1.807, 2.05) is 0 Å². The van der Waals surface area contributed by atoms with Crippen molar-refractivity contribution >= 4 is 11.6 Å². The SMILES string of the molecule is N[C@H](c1ccc(Cl)c(C(F)(F)F)c1)[C@@H](O)C1CCCC1. The van der Waals surface area contributed by atoms with Gasteiger partial charge in [0.1, 0.15) is 0 Å². The van der Waals surface area contributed by atoms with E-state index in [1.54, 1.807) is 0 Å². The number of rotatable bonds is 3. The molecule has 1 aromatic rings. The van der Waals surface area contributed by atoms with Crippen LogP contribution in [0.4, 0.5) is 13.2 Å². The summed E-state index contributed by atoms with van der Waals surface area (Å²) in [5, 5.41) is 9.84. The average Bonchev–Trinajstić information content (AvgIpc) is 2.90. The van der Waals surface area contributed by atoms with Crippen molar-refractivity contribution in [3.63, 3.8) is 0 Å². The highest BCUT2D eigenvalue weighted by Crippen LogP contribution is 2.38. The Morgan fingerprint density at radius 2 is 1.85 bits per heavy atom. The predicted molar refractivity (Wildman–Crippen MR) is 71.3 cm³/mol. The minimum atomic E-state index is -4.52. The van der Waals surface area contributed by atoms with Crippen molar-refractivity contribution in [1.29, 1.82) is 0 Å². The third-order valence-corrected chi connectivity index (χ3v) is 4.26. The fourth-order valence-corrected chi connectivity index (χ4v) is 2.98. The van der Waals surface area contributed by atoms with Crippen LogP contribution in [0, 0.1) is 5.92 Å². The number of hydrogen-bond donors (Lipinski definition) is 2. The lowest BCUT2D eigenvalue weighted by Gasteiger charge is -2.25. The van der Waals surface area contributed by atoms with E-state index in [9.17, 15) is 18.3 Å². The molecule has 0 aromatic heterocycles. The molecule has 1 aromatic carbocycles. The molecule has 0 heterocycles. The fourth-order valence-electron chi connectivity index (χ4n) is 2.76. The van der Waals surface area contributed by atoms with Crippen molar-refractivity contribution in [2.75, 3.05) is 0 Å². The standard InChI is InChI=1S/C14H17ClF3NO/c15-11-6-5-9(7-10(11)14(16,17)18)12(19)13(20)8-3-1-2-4-8/h5-8,12-13,20H,1-4,19H2/t12-,13+/m1/s1. The first-order chi connectivity index (χ1) is 9.30. The summed E-state index contributed by atoms with van der Waals surface area (Å²) in [6, 6.07) is 2.74. The van der Waals surface area contributed by atoms with Crippen molar-refractivity contribution in [2.24, 2.45) is 11.7 Å². The summed E-state index contributed by atoms with van der Waals surface area (Å²) in [4.78, 5) is 0. The topological polar surface area (TPSA) is 46.2 Å². The van der Waals surface area contributed by atoms with Crippen LogP contribution in [0.3, 0.4) is 0 Å². The number of aliphatic hydroxyl groups excluding tert-OH is 1. The Labute approximate surface area is 120 Å². The van der Waals surface area contributed by atoms with Gasteiger partial charge in [0.25, 0.3) is 0 Å². The van der Waals surface area contributed by atoms with Crippen molar-refractivity contribution < 1.29 is 18.3 Å². The molecule has 1 fully saturated rings. The van der Waals surface area contributed by atoms with Crippen LogP contribution < -0.4 is 5.73 Å². The summed E-state index contributed by atoms with van der Waals surface area (Å²) in [6.07, 6.45) is -1.54. The van der Waals surface area contributed by atoms with Gasteiger partial charge in [0, 0.05) is 0 Å². The van der Waals surface area contributed by atoms with Crippen molar-refractivity contribution in [1.82, 2.24) is 0 Å². The van der Waals surface area contributed by atoms with E-state index in [-0.39, 0.29) is 16.5 Å². The quantitative estimate of drug-likeness (QED) is 0.889. The molecule has 20 heavy (non-hydrogen) atoms. The van der Waals surface area contributed by atoms with Gasteiger partial charge in [0.15, 0.2) is 0 Å². The molecule has 0 spiro atoms. The number of alkyl halides is 3. The van der Waals surface area contributed by atoms with E-state index in [2.05, 4.69) is 0 Å². The van der Waals surface area contributed by atoms with Gasteiger partial charge in [-0.15, -0.1) is 0 Å². The van der Waals surface area contributed by atoms with Gasteiger partial charge in [-0.05, 0) is 36.5 Å². The summed E-state index contributed by atoms with van der Waals surface area (Å²) < 4.78 is 38.4. The number of hydrogen-bond acceptors (Lipinski definition) is 2. The van der Waals surface area contributed by atoms with E-state index in [4.69, 9.17) is 17.3 Å². The number of aliphatic hydroxyl groups is 1. The lowest BCUT2D eigenvalue weighted by atomic mass is 9.90. The second-order valence-corrected chi connectivity index (χ2v) is 5.71. The first-order valence-corrected chi connectivity index (χ1v) is 6.99. The van der Waals surface area contributed by atoms with Gasteiger partial charge in [0.2, 0.25) is 0 Å². The lowest BCUT2D eigenvalue weighted by Crippen LogP contribution is -2.32. The van der Waals surface area contributed by atoms with Crippen LogP contribution in [0.5, 0.6) is 0 Å². The normalized spacial score (nSPS) is 20.1. The summed E-state index contributed by atoms with van der Waals surface area (Å²) in [6.45, 7) is 0. The molecule has 0 radical (unpaired) electrons. The molecule has 2 rings (SSSR count). The molecule has 2 nitrogen and oxygen atoms in total. The van der Waals surface area contributed by atoms with Crippen molar-refractivity contribution in [3.8, 4) is 0 Å². The zero-order valence-electron chi connectivity index (χ0n) is 10.8. The molecule has 0 aliphatic heterocycles. The van der Waals surface area contributed by atoms with Gasteiger partial charge in [-0.2, -0.15) is 13.2 Å². The third-order valence-electron chi connectivity index (χ3n) is 3.93. The lowest BCUT2D eigenvalue weighted by molar-refractivity contribution is -0.137. The highest BCUT2D eigenvalue weighted by Gasteiger charge is 2.35. The molecule has 0 saturated heterocycles. The van der Waals surface area contributed by atoms with Crippen LogP contribution in [0.2, 0.25) is 5.02 Å². The zero-order chi connectivity index (χ0) is 14.9. The molecule has 0 amide bonds. The van der Waals surface area contributed by atoms with Gasteiger partial charge >= 0.3 is 6.18 Å². The third kappa shape index (κ3) is 3.27. The van der Waals surface area contributed by atoms with Crippen molar-refractivity contribution in [3.05, 3.63) is 34.3 Å². The molecular weight excluding hydrogens is 291 g/mol. The van der Waals surface area contributed by atoms with Crippen LogP contribution in [-0.2, 0) is 6.18 Å². The molecule has 3 N–H and O–H groups in total. The van der Waals surface area contributed by atoms with Crippen LogP contribution >= 0.6 is 11.6 Å². The molecule has 0 bridgehead atoms. The van der Waals surface area contributed by atoms with Crippen LogP contribution in [0.15, 0.2) is 18.2 Å². The van der Waals surface area contributed by atoms with Gasteiger partial charge in [-0.3, -0.25) is 0 Å². The fraction of sp³-hybridized carbons (Fsp3) is 0.571. The minimum Gasteiger partial charge on any atom is -0.391 e. The average molecular weight is 308 g/mol.